The lowest BCUT2D eigenvalue weighted by molar-refractivity contribution is -0.126. The third-order valence-electron chi connectivity index (χ3n) is 2.87. The number of nitrogens with one attached hydrogen (secondary N) is 1. The summed E-state index contributed by atoms with van der Waals surface area (Å²) in [5, 5.41) is 12.4. The lowest BCUT2D eigenvalue weighted by Gasteiger charge is -2.23. The molecule has 1 rings (SSSR count). The number of carbonyl (C=O) groups is 1. The van der Waals surface area contributed by atoms with Gasteiger partial charge in [-0.3, -0.25) is 4.79 Å². The van der Waals surface area contributed by atoms with Crippen molar-refractivity contribution in [2.45, 2.75) is 31.9 Å². The maximum Gasteiger partial charge on any atom is 0.227 e. The SMILES string of the molecule is CCC(C)(O)CNC(=O)C1COCC1N. The molecule has 1 fully saturated rings. The van der Waals surface area contributed by atoms with Gasteiger partial charge < -0.3 is 20.9 Å². The second-order valence-electron chi connectivity index (χ2n) is 4.38. The van der Waals surface area contributed by atoms with Gasteiger partial charge in [-0.15, -0.1) is 0 Å². The van der Waals surface area contributed by atoms with Crippen molar-refractivity contribution >= 4 is 5.91 Å². The molecule has 15 heavy (non-hydrogen) atoms. The molecule has 0 saturated carbocycles. The van der Waals surface area contributed by atoms with Gasteiger partial charge in [0.15, 0.2) is 0 Å². The Labute approximate surface area is 90.0 Å². The zero-order chi connectivity index (χ0) is 11.5. The largest absolute Gasteiger partial charge is 0.388 e. The standard InChI is InChI=1S/C10H20N2O3/c1-3-10(2,14)6-12-9(13)7-4-15-5-8(7)11/h7-8,14H,3-6,11H2,1-2H3,(H,12,13). The molecule has 1 heterocycles. The summed E-state index contributed by atoms with van der Waals surface area (Å²) < 4.78 is 5.10. The molecule has 0 aromatic carbocycles. The minimum absolute atomic E-state index is 0.131. The molecule has 5 heteroatoms. The lowest BCUT2D eigenvalue weighted by Crippen LogP contribution is -2.46. The van der Waals surface area contributed by atoms with Gasteiger partial charge in [-0.25, -0.2) is 0 Å². The number of nitrogens with two attached hydrogens (primary N) is 1. The van der Waals surface area contributed by atoms with Crippen LogP contribution < -0.4 is 11.1 Å². The van der Waals surface area contributed by atoms with E-state index in [0.29, 0.717) is 19.6 Å². The fourth-order valence-corrected chi connectivity index (χ4v) is 1.37. The Balaban J connectivity index is 2.36. The van der Waals surface area contributed by atoms with Crippen molar-refractivity contribution in [1.82, 2.24) is 5.32 Å². The number of carbonyl (C=O) groups excluding carboxylic acids is 1. The molecule has 4 N–H and O–H groups in total. The highest BCUT2D eigenvalue weighted by Crippen LogP contribution is 2.12. The average Bonchev–Trinajstić information content (AvgIpc) is 2.61. The Morgan fingerprint density at radius 2 is 2.33 bits per heavy atom. The van der Waals surface area contributed by atoms with Crippen LogP contribution in [0.15, 0.2) is 0 Å². The van der Waals surface area contributed by atoms with E-state index in [1.54, 1.807) is 6.92 Å². The number of amides is 1. The summed E-state index contributed by atoms with van der Waals surface area (Å²) in [4.78, 5) is 11.6. The highest BCUT2D eigenvalue weighted by molar-refractivity contribution is 5.79. The van der Waals surface area contributed by atoms with Gasteiger partial charge in [0, 0.05) is 12.6 Å². The summed E-state index contributed by atoms with van der Waals surface area (Å²) in [5.41, 5.74) is 4.86. The zero-order valence-electron chi connectivity index (χ0n) is 9.32. The van der Waals surface area contributed by atoms with Gasteiger partial charge in [-0.05, 0) is 13.3 Å². The molecule has 0 aliphatic carbocycles. The molecule has 3 unspecified atom stereocenters. The van der Waals surface area contributed by atoms with Crippen LogP contribution in [0.4, 0.5) is 0 Å². The van der Waals surface area contributed by atoms with E-state index >= 15 is 0 Å². The van der Waals surface area contributed by atoms with Crippen LogP contribution >= 0.6 is 0 Å². The van der Waals surface area contributed by atoms with Crippen LogP contribution in [-0.4, -0.2) is 42.4 Å². The van der Waals surface area contributed by atoms with E-state index in [1.165, 1.54) is 0 Å². The van der Waals surface area contributed by atoms with Crippen molar-refractivity contribution in [2.24, 2.45) is 11.7 Å². The summed E-state index contributed by atoms with van der Waals surface area (Å²) in [6.45, 7) is 4.63. The number of hydrogen-bond donors (Lipinski definition) is 3. The molecular weight excluding hydrogens is 196 g/mol. The molecule has 0 aromatic heterocycles. The van der Waals surface area contributed by atoms with E-state index in [-0.39, 0.29) is 24.4 Å². The van der Waals surface area contributed by atoms with Crippen molar-refractivity contribution in [3.05, 3.63) is 0 Å². The topological polar surface area (TPSA) is 84.6 Å². The summed E-state index contributed by atoms with van der Waals surface area (Å²) in [6.07, 6.45) is 0.598. The van der Waals surface area contributed by atoms with Crippen LogP contribution in [0.2, 0.25) is 0 Å². The second kappa shape index (κ2) is 4.92. The number of aliphatic hydroxyl groups is 1. The molecule has 88 valence electrons. The van der Waals surface area contributed by atoms with Crippen LogP contribution in [-0.2, 0) is 9.53 Å². The van der Waals surface area contributed by atoms with Crippen LogP contribution in [0.25, 0.3) is 0 Å². The molecule has 1 aliphatic rings. The van der Waals surface area contributed by atoms with Crippen LogP contribution in [0.1, 0.15) is 20.3 Å². The molecule has 1 aliphatic heterocycles. The molecule has 0 radical (unpaired) electrons. The fourth-order valence-electron chi connectivity index (χ4n) is 1.37. The van der Waals surface area contributed by atoms with Gasteiger partial charge >= 0.3 is 0 Å². The molecule has 3 atom stereocenters. The Bertz CT molecular complexity index is 231. The van der Waals surface area contributed by atoms with E-state index < -0.39 is 5.60 Å². The van der Waals surface area contributed by atoms with Crippen LogP contribution in [0.3, 0.4) is 0 Å². The number of ether oxygens (including phenoxy) is 1. The molecule has 5 nitrogen and oxygen atoms in total. The first kappa shape index (κ1) is 12.4. The predicted octanol–water partition coefficient (Wildman–Crippen LogP) is -0.763. The van der Waals surface area contributed by atoms with E-state index in [2.05, 4.69) is 5.32 Å². The zero-order valence-corrected chi connectivity index (χ0v) is 9.32. The van der Waals surface area contributed by atoms with Crippen LogP contribution in [0, 0.1) is 5.92 Å². The van der Waals surface area contributed by atoms with Gasteiger partial charge in [0.05, 0.1) is 24.7 Å². The third kappa shape index (κ3) is 3.44. The number of rotatable bonds is 4. The Morgan fingerprint density at radius 1 is 1.67 bits per heavy atom. The van der Waals surface area contributed by atoms with Gasteiger partial charge in [-0.2, -0.15) is 0 Å². The Hall–Kier alpha value is -0.650. The Morgan fingerprint density at radius 3 is 2.80 bits per heavy atom. The van der Waals surface area contributed by atoms with E-state index in [4.69, 9.17) is 10.5 Å². The van der Waals surface area contributed by atoms with Crippen molar-refractivity contribution in [3.63, 3.8) is 0 Å². The molecule has 1 saturated heterocycles. The first-order valence-corrected chi connectivity index (χ1v) is 5.29. The Kier molecular flexibility index (Phi) is 4.07. The van der Waals surface area contributed by atoms with Crippen molar-refractivity contribution in [3.8, 4) is 0 Å². The first-order valence-electron chi connectivity index (χ1n) is 5.29. The molecule has 0 spiro atoms. The smallest absolute Gasteiger partial charge is 0.227 e. The minimum atomic E-state index is -0.848. The maximum atomic E-state index is 11.6. The molecule has 0 aromatic rings. The average molecular weight is 216 g/mol. The summed E-state index contributed by atoms with van der Waals surface area (Å²) in [7, 11) is 0. The van der Waals surface area contributed by atoms with Gasteiger partial charge in [0.1, 0.15) is 0 Å². The molecule has 0 bridgehead atoms. The van der Waals surface area contributed by atoms with E-state index in [0.717, 1.165) is 0 Å². The second-order valence-corrected chi connectivity index (χ2v) is 4.38. The summed E-state index contributed by atoms with van der Waals surface area (Å²) >= 11 is 0. The maximum absolute atomic E-state index is 11.6. The van der Waals surface area contributed by atoms with Crippen molar-refractivity contribution in [1.29, 1.82) is 0 Å². The highest BCUT2D eigenvalue weighted by Gasteiger charge is 2.32. The highest BCUT2D eigenvalue weighted by atomic mass is 16.5. The first-order chi connectivity index (χ1) is 6.96. The fraction of sp³-hybridized carbons (Fsp3) is 0.900. The van der Waals surface area contributed by atoms with Crippen LogP contribution in [0.5, 0.6) is 0 Å². The molecule has 1 amide bonds. The summed E-state index contributed by atoms with van der Waals surface area (Å²) in [6, 6.07) is -0.225. The molecular formula is C10H20N2O3. The van der Waals surface area contributed by atoms with E-state index in [1.807, 2.05) is 6.92 Å². The monoisotopic (exact) mass is 216 g/mol. The van der Waals surface area contributed by atoms with E-state index in [9.17, 15) is 9.90 Å². The van der Waals surface area contributed by atoms with Gasteiger partial charge in [0.25, 0.3) is 0 Å². The quantitative estimate of drug-likeness (QED) is 0.576. The van der Waals surface area contributed by atoms with Crippen molar-refractivity contribution in [2.75, 3.05) is 19.8 Å². The van der Waals surface area contributed by atoms with Gasteiger partial charge in [-0.1, -0.05) is 6.92 Å². The van der Waals surface area contributed by atoms with Gasteiger partial charge in [0.2, 0.25) is 5.91 Å². The third-order valence-corrected chi connectivity index (χ3v) is 2.87. The number of hydrogen-bond acceptors (Lipinski definition) is 4. The predicted molar refractivity (Wildman–Crippen MR) is 56.2 cm³/mol. The summed E-state index contributed by atoms with van der Waals surface area (Å²) in [5.74, 6) is -0.411. The minimum Gasteiger partial charge on any atom is -0.388 e. The lowest BCUT2D eigenvalue weighted by atomic mass is 10.0. The van der Waals surface area contributed by atoms with Crippen molar-refractivity contribution < 1.29 is 14.6 Å². The normalized spacial score (nSPS) is 29.9.